The lowest BCUT2D eigenvalue weighted by atomic mass is 10.1. The van der Waals surface area contributed by atoms with Crippen molar-refractivity contribution >= 4 is 5.69 Å². The van der Waals surface area contributed by atoms with Crippen molar-refractivity contribution in [2.24, 2.45) is 0 Å². The van der Waals surface area contributed by atoms with Crippen molar-refractivity contribution in [1.29, 1.82) is 5.26 Å². The summed E-state index contributed by atoms with van der Waals surface area (Å²) in [6.07, 6.45) is 0. The third-order valence-corrected chi connectivity index (χ3v) is 3.08. The van der Waals surface area contributed by atoms with Gasteiger partial charge in [0.25, 0.3) is 0 Å². The molecule has 17 heavy (non-hydrogen) atoms. The second-order valence-corrected chi connectivity index (χ2v) is 4.56. The Hall–Kier alpha value is -1.57. The van der Waals surface area contributed by atoms with Gasteiger partial charge < -0.3 is 10.3 Å². The molecule has 0 aliphatic carbocycles. The highest BCUT2D eigenvalue weighted by Gasteiger charge is 2.14. The molecular formula is C13H18N4. The van der Waals surface area contributed by atoms with Gasteiger partial charge in [-0.05, 0) is 31.7 Å². The topological polar surface area (TPSA) is 42.3 Å². The Morgan fingerprint density at radius 2 is 1.94 bits per heavy atom. The van der Waals surface area contributed by atoms with E-state index in [0.29, 0.717) is 5.56 Å². The molecule has 0 saturated carbocycles. The fourth-order valence-electron chi connectivity index (χ4n) is 1.94. The minimum absolute atomic E-state index is 0.703. The molecule has 4 nitrogen and oxygen atoms in total. The lowest BCUT2D eigenvalue weighted by Crippen LogP contribution is -2.47. The summed E-state index contributed by atoms with van der Waals surface area (Å²) in [7, 11) is 2.13. The molecular weight excluding hydrogens is 212 g/mol. The molecule has 0 unspecified atom stereocenters. The van der Waals surface area contributed by atoms with Gasteiger partial charge in [0.2, 0.25) is 0 Å². The van der Waals surface area contributed by atoms with E-state index in [1.165, 1.54) is 5.56 Å². The monoisotopic (exact) mass is 230 g/mol. The molecule has 1 saturated heterocycles. The number of piperazine rings is 1. The first-order valence-electron chi connectivity index (χ1n) is 5.90. The fraction of sp³-hybridized carbons (Fsp3) is 0.462. The van der Waals surface area contributed by atoms with Crippen LogP contribution in [0.2, 0.25) is 0 Å². The third-order valence-electron chi connectivity index (χ3n) is 3.08. The molecule has 1 aromatic carbocycles. The predicted octanol–water partition coefficient (Wildman–Crippen LogP) is 1.44. The van der Waals surface area contributed by atoms with Gasteiger partial charge in [0.15, 0.2) is 0 Å². The molecule has 0 amide bonds. The second-order valence-electron chi connectivity index (χ2n) is 4.56. The van der Waals surface area contributed by atoms with E-state index < -0.39 is 0 Å². The first-order chi connectivity index (χ1) is 8.19. The number of likely N-dealkylation sites (N-methyl/N-ethyl adjacent to an activating group) is 1. The van der Waals surface area contributed by atoms with E-state index in [4.69, 9.17) is 5.26 Å². The van der Waals surface area contributed by atoms with E-state index in [-0.39, 0.29) is 0 Å². The van der Waals surface area contributed by atoms with Crippen LogP contribution < -0.4 is 5.43 Å². The van der Waals surface area contributed by atoms with Crippen molar-refractivity contribution in [2.45, 2.75) is 6.92 Å². The number of rotatable bonds is 2. The highest BCUT2D eigenvalue weighted by Crippen LogP contribution is 2.17. The summed E-state index contributed by atoms with van der Waals surface area (Å²) in [5, 5.41) is 11.2. The average Bonchev–Trinajstić information content (AvgIpc) is 2.32. The number of aryl methyl sites for hydroxylation is 1. The van der Waals surface area contributed by atoms with Crippen LogP contribution in [0.1, 0.15) is 11.1 Å². The summed E-state index contributed by atoms with van der Waals surface area (Å²) in [6.45, 7) is 6.11. The molecule has 0 radical (unpaired) electrons. The quantitative estimate of drug-likeness (QED) is 0.835. The van der Waals surface area contributed by atoms with E-state index in [2.05, 4.69) is 28.5 Å². The first-order valence-corrected chi connectivity index (χ1v) is 5.90. The molecule has 0 atom stereocenters. The molecule has 2 rings (SSSR count). The van der Waals surface area contributed by atoms with Gasteiger partial charge in [0, 0.05) is 26.2 Å². The third kappa shape index (κ3) is 2.96. The SMILES string of the molecule is Cc1ccc(C#N)c(NN2CCN(C)CC2)c1. The predicted molar refractivity (Wildman–Crippen MR) is 68.6 cm³/mol. The highest BCUT2D eigenvalue weighted by molar-refractivity contribution is 5.58. The van der Waals surface area contributed by atoms with Crippen LogP contribution in [0.25, 0.3) is 0 Å². The summed E-state index contributed by atoms with van der Waals surface area (Å²) >= 11 is 0. The van der Waals surface area contributed by atoms with Crippen LogP contribution in [0.4, 0.5) is 5.69 Å². The summed E-state index contributed by atoms with van der Waals surface area (Å²) in [6, 6.07) is 8.08. The van der Waals surface area contributed by atoms with Crippen molar-refractivity contribution in [3.8, 4) is 6.07 Å². The number of benzene rings is 1. The van der Waals surface area contributed by atoms with Crippen LogP contribution in [-0.2, 0) is 0 Å². The molecule has 1 heterocycles. The van der Waals surface area contributed by atoms with E-state index >= 15 is 0 Å². The molecule has 4 heteroatoms. The largest absolute Gasteiger partial charge is 0.317 e. The minimum atomic E-state index is 0.703. The summed E-state index contributed by atoms with van der Waals surface area (Å²) in [5.74, 6) is 0. The molecule has 1 aliphatic rings. The molecule has 0 aromatic heterocycles. The van der Waals surface area contributed by atoms with Crippen molar-refractivity contribution < 1.29 is 0 Å². The molecule has 90 valence electrons. The van der Waals surface area contributed by atoms with Gasteiger partial charge >= 0.3 is 0 Å². The van der Waals surface area contributed by atoms with Crippen molar-refractivity contribution in [1.82, 2.24) is 9.91 Å². The molecule has 0 bridgehead atoms. The van der Waals surface area contributed by atoms with E-state index in [0.717, 1.165) is 31.9 Å². The number of anilines is 1. The maximum atomic E-state index is 9.06. The Kier molecular flexibility index (Phi) is 3.62. The maximum absolute atomic E-state index is 9.06. The van der Waals surface area contributed by atoms with Gasteiger partial charge in [0.1, 0.15) is 6.07 Å². The number of nitrogens with zero attached hydrogens (tertiary/aromatic N) is 3. The van der Waals surface area contributed by atoms with Crippen molar-refractivity contribution in [2.75, 3.05) is 38.7 Å². The smallest absolute Gasteiger partial charge is 0.101 e. The van der Waals surface area contributed by atoms with Gasteiger partial charge in [-0.3, -0.25) is 0 Å². The standard InChI is InChI=1S/C13H18N4/c1-11-3-4-12(10-14)13(9-11)15-17-7-5-16(2)6-8-17/h3-4,9,15H,5-8H2,1-2H3. The van der Waals surface area contributed by atoms with Crippen LogP contribution in [0, 0.1) is 18.3 Å². The van der Waals surface area contributed by atoms with E-state index in [1.807, 2.05) is 25.1 Å². The molecule has 1 fully saturated rings. The normalized spacial score (nSPS) is 17.7. The number of hydrogen-bond acceptors (Lipinski definition) is 4. The second kappa shape index (κ2) is 5.17. The fourth-order valence-corrected chi connectivity index (χ4v) is 1.94. The van der Waals surface area contributed by atoms with Crippen molar-refractivity contribution in [3.05, 3.63) is 29.3 Å². The Morgan fingerprint density at radius 3 is 2.59 bits per heavy atom. The van der Waals surface area contributed by atoms with Crippen LogP contribution in [0.3, 0.4) is 0 Å². The molecule has 1 aliphatic heterocycles. The average molecular weight is 230 g/mol. The van der Waals surface area contributed by atoms with Gasteiger partial charge in [-0.2, -0.15) is 5.26 Å². The summed E-state index contributed by atoms with van der Waals surface area (Å²) < 4.78 is 0. The number of hydrogen-bond donors (Lipinski definition) is 1. The lowest BCUT2D eigenvalue weighted by molar-refractivity contribution is 0.179. The van der Waals surface area contributed by atoms with Crippen LogP contribution in [0.5, 0.6) is 0 Å². The number of hydrazine groups is 1. The Labute approximate surface area is 102 Å². The maximum Gasteiger partial charge on any atom is 0.101 e. The Morgan fingerprint density at radius 1 is 1.24 bits per heavy atom. The minimum Gasteiger partial charge on any atom is -0.317 e. The zero-order chi connectivity index (χ0) is 12.3. The Bertz CT molecular complexity index is 428. The lowest BCUT2D eigenvalue weighted by Gasteiger charge is -2.33. The Balaban J connectivity index is 2.08. The zero-order valence-electron chi connectivity index (χ0n) is 10.4. The van der Waals surface area contributed by atoms with Gasteiger partial charge in [-0.1, -0.05) is 6.07 Å². The number of nitrogens with one attached hydrogen (secondary N) is 1. The van der Waals surface area contributed by atoms with Crippen LogP contribution in [-0.4, -0.2) is 43.1 Å². The van der Waals surface area contributed by atoms with Crippen molar-refractivity contribution in [3.63, 3.8) is 0 Å². The highest BCUT2D eigenvalue weighted by atomic mass is 15.5. The van der Waals surface area contributed by atoms with Crippen LogP contribution in [0.15, 0.2) is 18.2 Å². The van der Waals surface area contributed by atoms with Gasteiger partial charge in [0.05, 0.1) is 11.3 Å². The summed E-state index contributed by atoms with van der Waals surface area (Å²) in [5.41, 5.74) is 6.13. The summed E-state index contributed by atoms with van der Waals surface area (Å²) in [4.78, 5) is 2.31. The van der Waals surface area contributed by atoms with E-state index in [1.54, 1.807) is 0 Å². The molecule has 1 aromatic rings. The molecule has 0 spiro atoms. The van der Waals surface area contributed by atoms with E-state index in [9.17, 15) is 0 Å². The number of nitriles is 1. The van der Waals surface area contributed by atoms with Gasteiger partial charge in [-0.15, -0.1) is 0 Å². The zero-order valence-corrected chi connectivity index (χ0v) is 10.4. The first kappa shape index (κ1) is 11.9. The van der Waals surface area contributed by atoms with Crippen LogP contribution >= 0.6 is 0 Å². The van der Waals surface area contributed by atoms with Gasteiger partial charge in [-0.25, -0.2) is 5.01 Å². The molecule has 1 N–H and O–H groups in total.